The van der Waals surface area contributed by atoms with Crippen molar-refractivity contribution in [3.8, 4) is 12.3 Å². The number of rotatable bonds is 8. The predicted molar refractivity (Wildman–Crippen MR) is 152 cm³/mol. The SMILES string of the molecule is C#Cc1ccccc1C(C(=O)Nc1c(C)cccc1C)N(C(=O)C(NC(=O)OC(C)(C)C)C(C)C)C(C)C. The Kier molecular flexibility index (Phi) is 10.1. The lowest BCUT2D eigenvalue weighted by Crippen LogP contribution is -2.56. The summed E-state index contributed by atoms with van der Waals surface area (Å²) in [5, 5.41) is 5.77. The summed E-state index contributed by atoms with van der Waals surface area (Å²) in [5.74, 6) is 1.57. The molecule has 0 aliphatic rings. The fourth-order valence-corrected chi connectivity index (χ4v) is 4.28. The maximum atomic E-state index is 14.2. The van der Waals surface area contributed by atoms with E-state index in [1.807, 2.05) is 59.7 Å². The Bertz CT molecular complexity index is 1180. The van der Waals surface area contributed by atoms with Gasteiger partial charge in [-0.25, -0.2) is 4.79 Å². The van der Waals surface area contributed by atoms with Gasteiger partial charge in [0.1, 0.15) is 17.7 Å². The van der Waals surface area contributed by atoms with E-state index in [0.29, 0.717) is 16.8 Å². The molecule has 0 aromatic heterocycles. The van der Waals surface area contributed by atoms with Crippen molar-refractivity contribution in [2.75, 3.05) is 5.32 Å². The zero-order valence-electron chi connectivity index (χ0n) is 24.0. The van der Waals surface area contributed by atoms with Crippen LogP contribution in [0.1, 0.15) is 76.8 Å². The third-order valence-electron chi connectivity index (χ3n) is 6.08. The molecule has 3 amide bonds. The number of aryl methyl sites for hydroxylation is 2. The lowest BCUT2D eigenvalue weighted by molar-refractivity contribution is -0.143. The molecule has 2 atom stereocenters. The van der Waals surface area contributed by atoms with Gasteiger partial charge in [-0.2, -0.15) is 0 Å². The number of carbonyl (C=O) groups is 3. The maximum absolute atomic E-state index is 14.2. The van der Waals surface area contributed by atoms with E-state index < -0.39 is 41.6 Å². The number of hydrogen-bond acceptors (Lipinski definition) is 4. The summed E-state index contributed by atoms with van der Waals surface area (Å²) in [6.45, 7) is 16.4. The Hall–Kier alpha value is -3.79. The molecule has 0 heterocycles. The van der Waals surface area contributed by atoms with Crippen LogP contribution < -0.4 is 10.6 Å². The van der Waals surface area contributed by atoms with Gasteiger partial charge >= 0.3 is 6.09 Å². The summed E-state index contributed by atoms with van der Waals surface area (Å²) in [7, 11) is 0. The van der Waals surface area contributed by atoms with Gasteiger partial charge in [0.15, 0.2) is 0 Å². The van der Waals surface area contributed by atoms with E-state index in [0.717, 1.165) is 11.1 Å². The standard InChI is InChI=1S/C31H41N3O4/c1-11-23-17-12-13-18-24(23)27(28(35)32-26-21(6)15-14-16-22(26)7)34(20(4)5)29(36)25(19(2)3)33-30(37)38-31(8,9)10/h1,12-20,25,27H,2-10H3,(H,32,35)(H,33,37). The first-order chi connectivity index (χ1) is 17.7. The fourth-order valence-electron chi connectivity index (χ4n) is 4.28. The number of alkyl carbamates (subject to hydrolysis) is 1. The number of hydrogen-bond donors (Lipinski definition) is 2. The summed E-state index contributed by atoms with van der Waals surface area (Å²) in [6.07, 6.45) is 5.12. The summed E-state index contributed by atoms with van der Waals surface area (Å²) in [4.78, 5) is 42.4. The van der Waals surface area contributed by atoms with E-state index in [9.17, 15) is 14.4 Å². The zero-order valence-corrected chi connectivity index (χ0v) is 24.0. The highest BCUT2D eigenvalue weighted by Gasteiger charge is 2.39. The fraction of sp³-hybridized carbons (Fsp3) is 0.452. The van der Waals surface area contributed by atoms with Gasteiger partial charge in [0.2, 0.25) is 5.91 Å². The minimum atomic E-state index is -1.05. The van der Waals surface area contributed by atoms with Crippen molar-refractivity contribution < 1.29 is 19.1 Å². The van der Waals surface area contributed by atoms with E-state index in [1.54, 1.807) is 45.0 Å². The van der Waals surface area contributed by atoms with E-state index in [2.05, 4.69) is 16.6 Å². The number of amides is 3. The number of carbonyl (C=O) groups excluding carboxylic acids is 3. The molecular formula is C31H41N3O4. The second kappa shape index (κ2) is 12.6. The maximum Gasteiger partial charge on any atom is 0.408 e. The highest BCUT2D eigenvalue weighted by atomic mass is 16.6. The molecule has 204 valence electrons. The third kappa shape index (κ3) is 7.61. The number of para-hydroxylation sites is 1. The van der Waals surface area contributed by atoms with Crippen molar-refractivity contribution in [2.24, 2.45) is 5.92 Å². The lowest BCUT2D eigenvalue weighted by atomic mass is 9.94. The van der Waals surface area contributed by atoms with Crippen molar-refractivity contribution in [3.05, 3.63) is 64.7 Å². The number of anilines is 1. The molecule has 0 saturated heterocycles. The Balaban J connectivity index is 2.62. The Morgan fingerprint density at radius 2 is 1.53 bits per heavy atom. The Morgan fingerprint density at radius 1 is 0.947 bits per heavy atom. The van der Waals surface area contributed by atoms with Crippen molar-refractivity contribution in [3.63, 3.8) is 0 Å². The van der Waals surface area contributed by atoms with Gasteiger partial charge in [-0.15, -0.1) is 6.42 Å². The first-order valence-corrected chi connectivity index (χ1v) is 12.9. The second-order valence-corrected chi connectivity index (χ2v) is 11.1. The molecular weight excluding hydrogens is 478 g/mol. The average Bonchev–Trinajstić information content (AvgIpc) is 2.81. The molecule has 0 aliphatic heterocycles. The van der Waals surface area contributed by atoms with Crippen LogP contribution in [0.25, 0.3) is 0 Å². The van der Waals surface area contributed by atoms with E-state index in [-0.39, 0.29) is 5.92 Å². The average molecular weight is 520 g/mol. The van der Waals surface area contributed by atoms with Crippen molar-refractivity contribution in [1.29, 1.82) is 0 Å². The van der Waals surface area contributed by atoms with Gasteiger partial charge in [0, 0.05) is 17.3 Å². The molecule has 2 N–H and O–H groups in total. The minimum absolute atomic E-state index is 0.276. The molecule has 2 aromatic carbocycles. The Morgan fingerprint density at radius 3 is 2.03 bits per heavy atom. The largest absolute Gasteiger partial charge is 0.444 e. The molecule has 0 radical (unpaired) electrons. The first kappa shape index (κ1) is 30.4. The Labute approximate surface area is 227 Å². The normalized spacial score (nSPS) is 12.9. The van der Waals surface area contributed by atoms with Gasteiger partial charge < -0.3 is 20.3 Å². The van der Waals surface area contributed by atoms with Gasteiger partial charge in [-0.05, 0) is 77.1 Å². The monoisotopic (exact) mass is 519 g/mol. The highest BCUT2D eigenvalue weighted by Crippen LogP contribution is 2.30. The van der Waals surface area contributed by atoms with Crippen LogP contribution >= 0.6 is 0 Å². The topological polar surface area (TPSA) is 87.7 Å². The van der Waals surface area contributed by atoms with Crippen LogP contribution in [0.4, 0.5) is 10.5 Å². The molecule has 38 heavy (non-hydrogen) atoms. The first-order valence-electron chi connectivity index (χ1n) is 12.9. The van der Waals surface area contributed by atoms with E-state index in [4.69, 9.17) is 11.2 Å². The second-order valence-electron chi connectivity index (χ2n) is 11.1. The summed E-state index contributed by atoms with van der Waals surface area (Å²) in [6, 6.07) is 10.5. The smallest absolute Gasteiger partial charge is 0.408 e. The summed E-state index contributed by atoms with van der Waals surface area (Å²) in [5.41, 5.74) is 2.79. The molecule has 2 aromatic rings. The van der Waals surface area contributed by atoms with Crippen molar-refractivity contribution in [2.45, 2.75) is 86.0 Å². The molecule has 7 heteroatoms. The number of nitrogens with one attached hydrogen (secondary N) is 2. The van der Waals surface area contributed by atoms with Crippen LogP contribution in [-0.2, 0) is 14.3 Å². The molecule has 0 saturated carbocycles. The van der Waals surface area contributed by atoms with Crippen LogP contribution in [0.3, 0.4) is 0 Å². The zero-order chi connectivity index (χ0) is 28.8. The van der Waals surface area contributed by atoms with Crippen molar-refractivity contribution in [1.82, 2.24) is 10.2 Å². The van der Waals surface area contributed by atoms with E-state index in [1.165, 1.54) is 4.90 Å². The van der Waals surface area contributed by atoms with Crippen LogP contribution in [-0.4, -0.2) is 40.5 Å². The van der Waals surface area contributed by atoms with Crippen LogP contribution in [0.2, 0.25) is 0 Å². The summed E-state index contributed by atoms with van der Waals surface area (Å²) < 4.78 is 5.42. The van der Waals surface area contributed by atoms with Gasteiger partial charge in [0.05, 0.1) is 0 Å². The van der Waals surface area contributed by atoms with Crippen molar-refractivity contribution >= 4 is 23.6 Å². The van der Waals surface area contributed by atoms with Crippen LogP contribution in [0, 0.1) is 32.1 Å². The molecule has 0 aliphatic carbocycles. The number of terminal acetylenes is 1. The van der Waals surface area contributed by atoms with Crippen LogP contribution in [0.5, 0.6) is 0 Å². The number of benzene rings is 2. The quantitative estimate of drug-likeness (QED) is 0.435. The van der Waals surface area contributed by atoms with Gasteiger partial charge in [-0.1, -0.05) is 56.2 Å². The van der Waals surface area contributed by atoms with Crippen LogP contribution in [0.15, 0.2) is 42.5 Å². The summed E-state index contributed by atoms with van der Waals surface area (Å²) >= 11 is 0. The number of nitrogens with zero attached hydrogens (tertiary/aromatic N) is 1. The molecule has 0 fully saturated rings. The van der Waals surface area contributed by atoms with Gasteiger partial charge in [0.25, 0.3) is 5.91 Å². The van der Waals surface area contributed by atoms with Gasteiger partial charge in [-0.3, -0.25) is 9.59 Å². The predicted octanol–water partition coefficient (Wildman–Crippen LogP) is 5.75. The molecule has 7 nitrogen and oxygen atoms in total. The molecule has 0 spiro atoms. The minimum Gasteiger partial charge on any atom is -0.444 e. The molecule has 2 unspecified atom stereocenters. The molecule has 0 bridgehead atoms. The molecule has 2 rings (SSSR count). The lowest BCUT2D eigenvalue weighted by Gasteiger charge is -2.38. The van der Waals surface area contributed by atoms with E-state index >= 15 is 0 Å². The highest BCUT2D eigenvalue weighted by molar-refractivity contribution is 6.00. The number of ether oxygens (including phenoxy) is 1. The third-order valence-corrected chi connectivity index (χ3v) is 6.08.